The van der Waals surface area contributed by atoms with Crippen molar-refractivity contribution in [2.75, 3.05) is 6.61 Å². The molecule has 2 N–H and O–H groups in total. The van der Waals surface area contributed by atoms with E-state index in [-0.39, 0.29) is 29.9 Å². The number of phenolic OH excluding ortho intramolecular Hbond substituents is 1. The van der Waals surface area contributed by atoms with Crippen LogP contribution in [-0.2, 0) is 9.53 Å². The van der Waals surface area contributed by atoms with Gasteiger partial charge in [-0.2, -0.15) is 0 Å². The third-order valence-electron chi connectivity index (χ3n) is 3.18. The third kappa shape index (κ3) is 3.71. The Hall–Kier alpha value is -2.04. The standard InChI is InChI=1S/C14H17NO4/c16-12-8-4-3-7-11(12)14(18)19-9-13(17)15-10-5-1-2-6-10/h3-4,7-8,10,16H,1-2,5-6,9H2,(H,15,17). The summed E-state index contributed by atoms with van der Waals surface area (Å²) in [5, 5.41) is 12.3. The number of ether oxygens (including phenoxy) is 1. The highest BCUT2D eigenvalue weighted by Gasteiger charge is 2.18. The normalized spacial score (nSPS) is 15.2. The number of carbonyl (C=O) groups excluding carboxylic acids is 2. The molecule has 0 spiro atoms. The van der Waals surface area contributed by atoms with Crippen LogP contribution in [0.3, 0.4) is 0 Å². The van der Waals surface area contributed by atoms with Gasteiger partial charge in [0.25, 0.3) is 5.91 Å². The first-order chi connectivity index (χ1) is 9.16. The molecule has 5 nitrogen and oxygen atoms in total. The third-order valence-corrected chi connectivity index (χ3v) is 3.18. The number of hydrogen-bond acceptors (Lipinski definition) is 4. The van der Waals surface area contributed by atoms with Gasteiger partial charge in [0.05, 0.1) is 0 Å². The Balaban J connectivity index is 1.80. The minimum atomic E-state index is -0.695. The second-order valence-electron chi connectivity index (χ2n) is 4.64. The largest absolute Gasteiger partial charge is 0.507 e. The molecule has 1 amide bonds. The summed E-state index contributed by atoms with van der Waals surface area (Å²) in [6.45, 7) is -0.316. The lowest BCUT2D eigenvalue weighted by atomic mass is 10.2. The van der Waals surface area contributed by atoms with E-state index < -0.39 is 5.97 Å². The van der Waals surface area contributed by atoms with Crippen molar-refractivity contribution in [2.24, 2.45) is 0 Å². The highest BCUT2D eigenvalue weighted by Crippen LogP contribution is 2.18. The Morgan fingerprint density at radius 1 is 1.26 bits per heavy atom. The fraction of sp³-hybridized carbons (Fsp3) is 0.429. The molecule has 0 aliphatic heterocycles. The van der Waals surface area contributed by atoms with Gasteiger partial charge in [0.15, 0.2) is 6.61 Å². The Morgan fingerprint density at radius 3 is 2.63 bits per heavy atom. The zero-order chi connectivity index (χ0) is 13.7. The summed E-state index contributed by atoms with van der Waals surface area (Å²) in [5.74, 6) is -1.14. The molecule has 1 fully saturated rings. The summed E-state index contributed by atoms with van der Waals surface area (Å²) in [6, 6.07) is 6.28. The monoisotopic (exact) mass is 263 g/mol. The van der Waals surface area contributed by atoms with Gasteiger partial charge in [0.1, 0.15) is 11.3 Å². The minimum absolute atomic E-state index is 0.0659. The van der Waals surface area contributed by atoms with Crippen LogP contribution in [0.15, 0.2) is 24.3 Å². The van der Waals surface area contributed by atoms with Gasteiger partial charge in [-0.3, -0.25) is 4.79 Å². The Bertz CT molecular complexity index is 466. The van der Waals surface area contributed by atoms with Crippen molar-refractivity contribution in [3.8, 4) is 5.75 Å². The van der Waals surface area contributed by atoms with Crippen LogP contribution in [0.2, 0.25) is 0 Å². The molecular weight excluding hydrogens is 246 g/mol. The van der Waals surface area contributed by atoms with E-state index in [1.165, 1.54) is 12.1 Å². The van der Waals surface area contributed by atoms with Gasteiger partial charge >= 0.3 is 5.97 Å². The van der Waals surface area contributed by atoms with E-state index >= 15 is 0 Å². The van der Waals surface area contributed by atoms with Crippen LogP contribution < -0.4 is 5.32 Å². The number of amides is 1. The van der Waals surface area contributed by atoms with E-state index in [0.717, 1.165) is 25.7 Å². The number of hydrogen-bond donors (Lipinski definition) is 2. The van der Waals surface area contributed by atoms with Crippen molar-refractivity contribution in [2.45, 2.75) is 31.7 Å². The van der Waals surface area contributed by atoms with Gasteiger partial charge in [-0.25, -0.2) is 4.79 Å². The maximum atomic E-state index is 11.6. The van der Waals surface area contributed by atoms with Crippen LogP contribution in [0.1, 0.15) is 36.0 Å². The predicted octanol–water partition coefficient (Wildman–Crippen LogP) is 1.61. The van der Waals surface area contributed by atoms with Crippen LogP contribution in [0.4, 0.5) is 0 Å². The Morgan fingerprint density at radius 2 is 1.95 bits per heavy atom. The van der Waals surface area contributed by atoms with Crippen LogP contribution in [0.25, 0.3) is 0 Å². The van der Waals surface area contributed by atoms with E-state index in [1.807, 2.05) is 0 Å². The number of carbonyl (C=O) groups is 2. The number of nitrogens with one attached hydrogen (secondary N) is 1. The second-order valence-corrected chi connectivity index (χ2v) is 4.64. The summed E-state index contributed by atoms with van der Waals surface area (Å²) >= 11 is 0. The van der Waals surface area contributed by atoms with Crippen molar-refractivity contribution in [1.29, 1.82) is 0 Å². The molecule has 0 heterocycles. The zero-order valence-corrected chi connectivity index (χ0v) is 10.6. The molecule has 1 aromatic carbocycles. The van der Waals surface area contributed by atoms with Gasteiger partial charge in [-0.15, -0.1) is 0 Å². The Kier molecular flexibility index (Phi) is 4.39. The highest BCUT2D eigenvalue weighted by molar-refractivity contribution is 5.93. The van der Waals surface area contributed by atoms with Crippen LogP contribution in [-0.4, -0.2) is 29.6 Å². The summed E-state index contributed by atoms with van der Waals surface area (Å²) in [4.78, 5) is 23.2. The first kappa shape index (κ1) is 13.4. The molecule has 0 saturated heterocycles. The SMILES string of the molecule is O=C(COC(=O)c1ccccc1O)NC1CCCC1. The highest BCUT2D eigenvalue weighted by atomic mass is 16.5. The quantitative estimate of drug-likeness (QED) is 0.809. The number of aromatic hydroxyl groups is 1. The molecule has 1 aliphatic carbocycles. The van der Waals surface area contributed by atoms with Gasteiger partial charge in [0.2, 0.25) is 0 Å². The molecule has 0 radical (unpaired) electrons. The molecule has 0 unspecified atom stereocenters. The maximum absolute atomic E-state index is 11.6. The summed E-state index contributed by atoms with van der Waals surface area (Å²) < 4.78 is 4.87. The van der Waals surface area contributed by atoms with Gasteiger partial charge in [0, 0.05) is 6.04 Å². The number of benzene rings is 1. The minimum Gasteiger partial charge on any atom is -0.507 e. The van der Waals surface area contributed by atoms with Crippen molar-refractivity contribution >= 4 is 11.9 Å². The lowest BCUT2D eigenvalue weighted by Gasteiger charge is -2.12. The smallest absolute Gasteiger partial charge is 0.342 e. The molecule has 0 aromatic heterocycles. The van der Waals surface area contributed by atoms with E-state index in [4.69, 9.17) is 4.74 Å². The van der Waals surface area contributed by atoms with Crippen molar-refractivity contribution in [3.05, 3.63) is 29.8 Å². The average molecular weight is 263 g/mol. The number of rotatable bonds is 4. The molecule has 1 aromatic rings. The molecule has 2 rings (SSSR count). The number of para-hydroxylation sites is 1. The fourth-order valence-electron chi connectivity index (χ4n) is 2.19. The van der Waals surface area contributed by atoms with Crippen LogP contribution in [0.5, 0.6) is 5.75 Å². The van der Waals surface area contributed by atoms with Crippen molar-refractivity contribution < 1.29 is 19.4 Å². The van der Waals surface area contributed by atoms with Gasteiger partial charge in [-0.1, -0.05) is 25.0 Å². The topological polar surface area (TPSA) is 75.6 Å². The van der Waals surface area contributed by atoms with Crippen molar-refractivity contribution in [3.63, 3.8) is 0 Å². The predicted molar refractivity (Wildman–Crippen MR) is 68.8 cm³/mol. The average Bonchev–Trinajstić information content (AvgIpc) is 2.89. The Labute approximate surface area is 111 Å². The molecule has 0 atom stereocenters. The van der Waals surface area contributed by atoms with Crippen LogP contribution in [0, 0.1) is 0 Å². The van der Waals surface area contributed by atoms with E-state index in [0.29, 0.717) is 0 Å². The van der Waals surface area contributed by atoms with E-state index in [1.54, 1.807) is 12.1 Å². The first-order valence-electron chi connectivity index (χ1n) is 6.41. The lowest BCUT2D eigenvalue weighted by molar-refractivity contribution is -0.124. The molecular formula is C14H17NO4. The van der Waals surface area contributed by atoms with Crippen LogP contribution >= 0.6 is 0 Å². The molecule has 102 valence electrons. The first-order valence-corrected chi connectivity index (χ1v) is 6.41. The molecule has 1 aliphatic rings. The number of esters is 1. The fourth-order valence-corrected chi connectivity index (χ4v) is 2.19. The van der Waals surface area contributed by atoms with Gasteiger partial charge in [-0.05, 0) is 25.0 Å². The number of phenols is 1. The lowest BCUT2D eigenvalue weighted by Crippen LogP contribution is -2.35. The maximum Gasteiger partial charge on any atom is 0.342 e. The molecule has 5 heteroatoms. The zero-order valence-electron chi connectivity index (χ0n) is 10.6. The summed E-state index contributed by atoms with van der Waals surface area (Å²) in [7, 11) is 0. The van der Waals surface area contributed by atoms with E-state index in [9.17, 15) is 14.7 Å². The van der Waals surface area contributed by atoms with E-state index in [2.05, 4.69) is 5.32 Å². The molecule has 19 heavy (non-hydrogen) atoms. The second kappa shape index (κ2) is 6.22. The molecule has 1 saturated carbocycles. The summed E-state index contributed by atoms with van der Waals surface area (Å²) in [5.41, 5.74) is 0.0659. The molecule has 0 bridgehead atoms. The van der Waals surface area contributed by atoms with Gasteiger partial charge < -0.3 is 15.2 Å². The summed E-state index contributed by atoms with van der Waals surface area (Å²) in [6.07, 6.45) is 4.23. The van der Waals surface area contributed by atoms with Crippen molar-refractivity contribution in [1.82, 2.24) is 5.32 Å².